The van der Waals surface area contributed by atoms with E-state index in [1.54, 1.807) is 11.3 Å². The van der Waals surface area contributed by atoms with Gasteiger partial charge in [0.15, 0.2) is 0 Å². The molecule has 1 unspecified atom stereocenters. The van der Waals surface area contributed by atoms with Crippen LogP contribution in [0.25, 0.3) is 0 Å². The van der Waals surface area contributed by atoms with Crippen molar-refractivity contribution < 1.29 is 0 Å². The fraction of sp³-hybridized carbons (Fsp3) is 0.769. The van der Waals surface area contributed by atoms with Crippen molar-refractivity contribution in [2.75, 3.05) is 6.54 Å². The molecule has 1 N–H and O–H groups in total. The molecule has 3 heteroatoms. The van der Waals surface area contributed by atoms with E-state index in [0.29, 0.717) is 6.04 Å². The minimum Gasteiger partial charge on any atom is -0.309 e. The third kappa shape index (κ3) is 4.22. The van der Waals surface area contributed by atoms with Crippen LogP contribution in [0.1, 0.15) is 61.2 Å². The van der Waals surface area contributed by atoms with Gasteiger partial charge >= 0.3 is 0 Å². The first-order valence-electron chi connectivity index (χ1n) is 6.32. The Morgan fingerprint density at radius 3 is 2.56 bits per heavy atom. The summed E-state index contributed by atoms with van der Waals surface area (Å²) in [6, 6.07) is 0.395. The molecular weight excluding hydrogens is 216 g/mol. The maximum absolute atomic E-state index is 4.58. The summed E-state index contributed by atoms with van der Waals surface area (Å²) in [5.41, 5.74) is 1.23. The minimum absolute atomic E-state index is 0.395. The molecule has 0 aliphatic heterocycles. The summed E-state index contributed by atoms with van der Waals surface area (Å²) >= 11 is 1.79. The third-order valence-corrected chi connectivity index (χ3v) is 3.73. The van der Waals surface area contributed by atoms with Gasteiger partial charge in [-0.05, 0) is 33.7 Å². The van der Waals surface area contributed by atoms with Crippen molar-refractivity contribution >= 4 is 11.3 Å². The number of nitrogens with one attached hydrogen (secondary N) is 1. The molecule has 0 spiro atoms. The van der Waals surface area contributed by atoms with E-state index in [1.165, 1.54) is 41.3 Å². The number of nitrogens with zero attached hydrogens (tertiary/aromatic N) is 1. The topological polar surface area (TPSA) is 24.9 Å². The highest BCUT2D eigenvalue weighted by Crippen LogP contribution is 2.22. The molecule has 0 aliphatic carbocycles. The van der Waals surface area contributed by atoms with Crippen LogP contribution in [-0.4, -0.2) is 11.5 Å². The Labute approximate surface area is 103 Å². The Kier molecular flexibility index (Phi) is 5.99. The molecule has 0 fully saturated rings. The quantitative estimate of drug-likeness (QED) is 0.729. The lowest BCUT2D eigenvalue weighted by Gasteiger charge is -2.12. The van der Waals surface area contributed by atoms with Crippen LogP contribution in [0.2, 0.25) is 0 Å². The molecule has 92 valence electrons. The molecule has 0 saturated carbocycles. The normalized spacial score (nSPS) is 13.0. The summed E-state index contributed by atoms with van der Waals surface area (Å²) in [6.45, 7) is 9.81. The van der Waals surface area contributed by atoms with Gasteiger partial charge in [0, 0.05) is 10.9 Å². The lowest BCUT2D eigenvalue weighted by atomic mass is 10.2. The molecule has 0 aromatic carbocycles. The van der Waals surface area contributed by atoms with Crippen LogP contribution in [0.15, 0.2) is 0 Å². The van der Waals surface area contributed by atoms with E-state index >= 15 is 0 Å². The number of unbranched alkanes of at least 4 members (excludes halogenated alkanes) is 3. The average molecular weight is 240 g/mol. The molecule has 1 aromatic heterocycles. The zero-order valence-corrected chi connectivity index (χ0v) is 11.8. The third-order valence-electron chi connectivity index (χ3n) is 2.83. The van der Waals surface area contributed by atoms with E-state index in [0.717, 1.165) is 6.54 Å². The molecule has 16 heavy (non-hydrogen) atoms. The van der Waals surface area contributed by atoms with Crippen LogP contribution in [0.5, 0.6) is 0 Å². The van der Waals surface area contributed by atoms with Gasteiger partial charge in [-0.2, -0.15) is 0 Å². The molecule has 0 aliphatic rings. The van der Waals surface area contributed by atoms with Crippen molar-refractivity contribution in [2.24, 2.45) is 0 Å². The van der Waals surface area contributed by atoms with Gasteiger partial charge in [0.1, 0.15) is 0 Å². The van der Waals surface area contributed by atoms with Crippen molar-refractivity contribution in [1.82, 2.24) is 10.3 Å². The molecule has 1 heterocycles. The van der Waals surface area contributed by atoms with E-state index in [9.17, 15) is 0 Å². The summed E-state index contributed by atoms with van der Waals surface area (Å²) in [7, 11) is 0. The lowest BCUT2D eigenvalue weighted by Crippen LogP contribution is -2.20. The van der Waals surface area contributed by atoms with Crippen LogP contribution >= 0.6 is 11.3 Å². The Balaban J connectivity index is 2.29. The molecular formula is C13H24N2S. The second-order valence-corrected chi connectivity index (χ2v) is 5.82. The molecule has 0 amide bonds. The van der Waals surface area contributed by atoms with Crippen molar-refractivity contribution in [1.29, 1.82) is 0 Å². The molecule has 2 nitrogen and oxygen atoms in total. The van der Waals surface area contributed by atoms with Crippen molar-refractivity contribution in [2.45, 2.75) is 59.4 Å². The predicted molar refractivity (Wildman–Crippen MR) is 72.1 cm³/mol. The lowest BCUT2D eigenvalue weighted by molar-refractivity contribution is 0.528. The average Bonchev–Trinajstić information content (AvgIpc) is 2.57. The van der Waals surface area contributed by atoms with Crippen LogP contribution < -0.4 is 5.32 Å². The second kappa shape index (κ2) is 7.02. The maximum atomic E-state index is 4.58. The Hall–Kier alpha value is -0.410. The maximum Gasteiger partial charge on any atom is 0.0900 e. The number of rotatable bonds is 7. The summed E-state index contributed by atoms with van der Waals surface area (Å²) < 4.78 is 0. The molecule has 1 atom stereocenters. The monoisotopic (exact) mass is 240 g/mol. The molecule has 1 rings (SSSR count). The van der Waals surface area contributed by atoms with Crippen LogP contribution in [0.4, 0.5) is 0 Å². The van der Waals surface area contributed by atoms with Gasteiger partial charge in [0.2, 0.25) is 0 Å². The van der Waals surface area contributed by atoms with Crippen molar-refractivity contribution in [3.05, 3.63) is 15.6 Å². The molecule has 0 bridgehead atoms. The summed E-state index contributed by atoms with van der Waals surface area (Å²) in [6.07, 6.45) is 5.27. The summed E-state index contributed by atoms with van der Waals surface area (Å²) in [5.74, 6) is 0. The highest BCUT2D eigenvalue weighted by molar-refractivity contribution is 7.11. The highest BCUT2D eigenvalue weighted by atomic mass is 32.1. The van der Waals surface area contributed by atoms with Crippen LogP contribution in [0.3, 0.4) is 0 Å². The standard InChI is InChI=1S/C13H24N2S/c1-5-6-7-8-9-14-10(2)13-11(3)16-12(4)15-13/h10,14H,5-9H2,1-4H3. The van der Waals surface area contributed by atoms with Gasteiger partial charge in [0.25, 0.3) is 0 Å². The number of aryl methyl sites for hydroxylation is 2. The predicted octanol–water partition coefficient (Wildman–Crippen LogP) is 3.99. The number of aromatic nitrogens is 1. The molecule has 0 saturated heterocycles. The number of thiazole rings is 1. The van der Waals surface area contributed by atoms with Gasteiger partial charge in [0.05, 0.1) is 10.7 Å². The largest absolute Gasteiger partial charge is 0.309 e. The van der Waals surface area contributed by atoms with Gasteiger partial charge in [-0.1, -0.05) is 26.2 Å². The van der Waals surface area contributed by atoms with E-state index in [2.05, 4.69) is 38.0 Å². The van der Waals surface area contributed by atoms with Gasteiger partial charge in [-0.15, -0.1) is 11.3 Å². The first kappa shape index (κ1) is 13.7. The fourth-order valence-electron chi connectivity index (χ4n) is 1.91. The van der Waals surface area contributed by atoms with Crippen LogP contribution in [0, 0.1) is 13.8 Å². The summed E-state index contributed by atoms with van der Waals surface area (Å²) in [5, 5.41) is 4.73. The van der Waals surface area contributed by atoms with E-state index in [1.807, 2.05) is 0 Å². The van der Waals surface area contributed by atoms with E-state index in [-0.39, 0.29) is 0 Å². The van der Waals surface area contributed by atoms with Crippen molar-refractivity contribution in [3.63, 3.8) is 0 Å². The molecule has 1 aromatic rings. The zero-order valence-electron chi connectivity index (χ0n) is 11.0. The number of hydrogen-bond acceptors (Lipinski definition) is 3. The van der Waals surface area contributed by atoms with E-state index < -0.39 is 0 Å². The van der Waals surface area contributed by atoms with Gasteiger partial charge in [-0.3, -0.25) is 0 Å². The Morgan fingerprint density at radius 2 is 2.00 bits per heavy atom. The Morgan fingerprint density at radius 1 is 1.25 bits per heavy atom. The first-order chi connectivity index (χ1) is 7.65. The smallest absolute Gasteiger partial charge is 0.0900 e. The van der Waals surface area contributed by atoms with Gasteiger partial charge in [-0.25, -0.2) is 4.98 Å². The van der Waals surface area contributed by atoms with Gasteiger partial charge < -0.3 is 5.32 Å². The van der Waals surface area contributed by atoms with Crippen LogP contribution in [-0.2, 0) is 0 Å². The van der Waals surface area contributed by atoms with E-state index in [4.69, 9.17) is 0 Å². The SMILES string of the molecule is CCCCCCNC(C)c1nc(C)sc1C. The molecule has 0 radical (unpaired) electrons. The second-order valence-electron chi connectivity index (χ2n) is 4.41. The highest BCUT2D eigenvalue weighted by Gasteiger charge is 2.11. The fourth-order valence-corrected chi connectivity index (χ4v) is 2.83. The first-order valence-corrected chi connectivity index (χ1v) is 7.14. The minimum atomic E-state index is 0.395. The number of hydrogen-bond donors (Lipinski definition) is 1. The summed E-state index contributed by atoms with van der Waals surface area (Å²) in [4.78, 5) is 5.93. The Bertz CT molecular complexity index is 307. The van der Waals surface area contributed by atoms with Crippen molar-refractivity contribution in [3.8, 4) is 0 Å². The zero-order chi connectivity index (χ0) is 12.0.